The first-order valence-corrected chi connectivity index (χ1v) is 6.61. The first kappa shape index (κ1) is 15.9. The summed E-state index contributed by atoms with van der Waals surface area (Å²) in [5, 5.41) is 32.4. The number of nitrogens with one attached hydrogen (secondary N) is 1. The molecule has 0 radical (unpaired) electrons. The Hall–Kier alpha value is -1.17. The summed E-state index contributed by atoms with van der Waals surface area (Å²) in [7, 11) is 0. The number of aliphatic hydroxyl groups excluding tert-OH is 1. The highest BCUT2D eigenvalue weighted by Crippen LogP contribution is 2.23. The van der Waals surface area contributed by atoms with Gasteiger partial charge in [0.05, 0.1) is 17.9 Å². The highest BCUT2D eigenvalue weighted by molar-refractivity contribution is 5.40. The van der Waals surface area contributed by atoms with E-state index < -0.39 is 5.60 Å². The molecule has 1 heterocycles. The Balaban J connectivity index is 2.70. The van der Waals surface area contributed by atoms with E-state index in [0.717, 1.165) is 6.42 Å². The van der Waals surface area contributed by atoms with Crippen molar-refractivity contribution in [2.24, 2.45) is 0 Å². The van der Waals surface area contributed by atoms with Crippen LogP contribution in [0.1, 0.15) is 43.5 Å². The Morgan fingerprint density at radius 1 is 1.42 bits per heavy atom. The number of hydrogen-bond acceptors (Lipinski definition) is 5. The maximum atomic E-state index is 10.1. The Kier molecular flexibility index (Phi) is 5.72. The third kappa shape index (κ3) is 4.45. The van der Waals surface area contributed by atoms with Crippen LogP contribution in [0.25, 0.3) is 0 Å². The van der Waals surface area contributed by atoms with E-state index in [0.29, 0.717) is 36.3 Å². The van der Waals surface area contributed by atoms with Crippen LogP contribution >= 0.6 is 0 Å². The van der Waals surface area contributed by atoms with E-state index in [1.807, 2.05) is 6.92 Å². The molecule has 0 aliphatic carbocycles. The topological polar surface area (TPSA) is 85.6 Å². The van der Waals surface area contributed by atoms with Crippen LogP contribution in [0.4, 0.5) is 0 Å². The van der Waals surface area contributed by atoms with Gasteiger partial charge in [-0.2, -0.15) is 0 Å². The van der Waals surface area contributed by atoms with Gasteiger partial charge < -0.3 is 20.6 Å². The van der Waals surface area contributed by atoms with Crippen molar-refractivity contribution in [1.82, 2.24) is 10.3 Å². The SMILES string of the molecule is CCCC(C)(O)CNCc1c(CO)cnc(C)c1O. The molecular formula is C14H24N2O3. The Morgan fingerprint density at radius 2 is 2.11 bits per heavy atom. The standard InChI is InChI=1S/C14H24N2O3/c1-4-5-14(3,19)9-15-7-12-11(8-17)6-16-10(2)13(12)18/h6,15,17-19H,4-5,7-9H2,1-3H3. The van der Waals surface area contributed by atoms with Gasteiger partial charge in [0, 0.05) is 30.4 Å². The summed E-state index contributed by atoms with van der Waals surface area (Å²) >= 11 is 0. The fourth-order valence-electron chi connectivity index (χ4n) is 2.10. The lowest BCUT2D eigenvalue weighted by Crippen LogP contribution is -2.37. The van der Waals surface area contributed by atoms with E-state index in [4.69, 9.17) is 0 Å². The van der Waals surface area contributed by atoms with E-state index in [1.165, 1.54) is 0 Å². The van der Waals surface area contributed by atoms with Crippen molar-refractivity contribution in [2.45, 2.75) is 52.4 Å². The second-order valence-corrected chi connectivity index (χ2v) is 5.20. The molecule has 1 aromatic heterocycles. The van der Waals surface area contributed by atoms with Gasteiger partial charge in [0.25, 0.3) is 0 Å². The van der Waals surface area contributed by atoms with Gasteiger partial charge in [0.15, 0.2) is 0 Å². The first-order chi connectivity index (χ1) is 8.91. The van der Waals surface area contributed by atoms with Crippen LogP contribution in [0, 0.1) is 6.92 Å². The molecule has 0 aromatic carbocycles. The molecule has 0 saturated carbocycles. The van der Waals surface area contributed by atoms with Gasteiger partial charge in [0.1, 0.15) is 5.75 Å². The quantitative estimate of drug-likeness (QED) is 0.597. The monoisotopic (exact) mass is 268 g/mol. The molecular weight excluding hydrogens is 244 g/mol. The summed E-state index contributed by atoms with van der Waals surface area (Å²) in [5.74, 6) is 0.106. The second-order valence-electron chi connectivity index (χ2n) is 5.20. The number of aryl methyl sites for hydroxylation is 1. The lowest BCUT2D eigenvalue weighted by molar-refractivity contribution is 0.0497. The average molecular weight is 268 g/mol. The summed E-state index contributed by atoms with van der Waals surface area (Å²) in [4.78, 5) is 4.01. The molecule has 1 aromatic rings. The molecule has 1 rings (SSSR count). The van der Waals surface area contributed by atoms with Crippen LogP contribution in [0.15, 0.2) is 6.20 Å². The normalized spacial score (nSPS) is 14.4. The van der Waals surface area contributed by atoms with Crippen LogP contribution < -0.4 is 5.32 Å². The summed E-state index contributed by atoms with van der Waals surface area (Å²) in [5.41, 5.74) is 1.02. The minimum atomic E-state index is -0.758. The number of aromatic nitrogens is 1. The van der Waals surface area contributed by atoms with Crippen LogP contribution in [0.2, 0.25) is 0 Å². The molecule has 0 aliphatic heterocycles. The molecule has 108 valence electrons. The molecule has 1 atom stereocenters. The van der Waals surface area contributed by atoms with E-state index in [-0.39, 0.29) is 12.4 Å². The Morgan fingerprint density at radius 3 is 2.68 bits per heavy atom. The van der Waals surface area contributed by atoms with Crippen molar-refractivity contribution in [1.29, 1.82) is 0 Å². The third-order valence-corrected chi connectivity index (χ3v) is 3.20. The molecule has 19 heavy (non-hydrogen) atoms. The van der Waals surface area contributed by atoms with Gasteiger partial charge in [-0.1, -0.05) is 13.3 Å². The van der Waals surface area contributed by atoms with Gasteiger partial charge >= 0.3 is 0 Å². The van der Waals surface area contributed by atoms with E-state index >= 15 is 0 Å². The van der Waals surface area contributed by atoms with Gasteiger partial charge in [-0.25, -0.2) is 0 Å². The van der Waals surface area contributed by atoms with Crippen molar-refractivity contribution in [3.63, 3.8) is 0 Å². The van der Waals surface area contributed by atoms with Gasteiger partial charge in [-0.3, -0.25) is 4.98 Å². The maximum Gasteiger partial charge on any atom is 0.141 e. The number of nitrogens with zero attached hydrogens (tertiary/aromatic N) is 1. The molecule has 0 aliphatic rings. The summed E-state index contributed by atoms with van der Waals surface area (Å²) < 4.78 is 0. The third-order valence-electron chi connectivity index (χ3n) is 3.20. The first-order valence-electron chi connectivity index (χ1n) is 6.61. The average Bonchev–Trinajstić information content (AvgIpc) is 2.34. The van der Waals surface area contributed by atoms with Crippen LogP contribution in [-0.2, 0) is 13.2 Å². The minimum absolute atomic E-state index is 0.106. The van der Waals surface area contributed by atoms with E-state index in [2.05, 4.69) is 10.3 Å². The number of aromatic hydroxyl groups is 1. The molecule has 0 bridgehead atoms. The predicted molar refractivity (Wildman–Crippen MR) is 73.8 cm³/mol. The van der Waals surface area contributed by atoms with Gasteiger partial charge in [-0.15, -0.1) is 0 Å². The van der Waals surface area contributed by atoms with E-state index in [1.54, 1.807) is 20.0 Å². The second kappa shape index (κ2) is 6.84. The van der Waals surface area contributed by atoms with Crippen molar-refractivity contribution in [2.75, 3.05) is 6.54 Å². The smallest absolute Gasteiger partial charge is 0.141 e. The molecule has 1 unspecified atom stereocenters. The van der Waals surface area contributed by atoms with E-state index in [9.17, 15) is 15.3 Å². The van der Waals surface area contributed by atoms with Crippen LogP contribution in [0.3, 0.4) is 0 Å². The number of aliphatic hydroxyl groups is 2. The number of pyridine rings is 1. The number of rotatable bonds is 7. The summed E-state index contributed by atoms with van der Waals surface area (Å²) in [6, 6.07) is 0. The fourth-order valence-corrected chi connectivity index (χ4v) is 2.10. The van der Waals surface area contributed by atoms with Crippen molar-refractivity contribution in [3.05, 3.63) is 23.0 Å². The van der Waals surface area contributed by atoms with Crippen LogP contribution in [0.5, 0.6) is 5.75 Å². The maximum absolute atomic E-state index is 10.1. The molecule has 0 fully saturated rings. The number of hydrogen-bond donors (Lipinski definition) is 4. The molecule has 5 heteroatoms. The highest BCUT2D eigenvalue weighted by Gasteiger charge is 2.19. The summed E-state index contributed by atoms with van der Waals surface area (Å²) in [6.45, 7) is 6.19. The molecule has 0 amide bonds. The predicted octanol–water partition coefficient (Wildman–Crippen LogP) is 1.23. The minimum Gasteiger partial charge on any atom is -0.506 e. The molecule has 0 spiro atoms. The highest BCUT2D eigenvalue weighted by atomic mass is 16.3. The zero-order valence-corrected chi connectivity index (χ0v) is 11.9. The molecule has 4 N–H and O–H groups in total. The van der Waals surface area contributed by atoms with Crippen molar-refractivity contribution >= 4 is 0 Å². The molecule has 0 saturated heterocycles. The lowest BCUT2D eigenvalue weighted by atomic mass is 10.0. The van der Waals surface area contributed by atoms with Gasteiger partial charge in [0.2, 0.25) is 0 Å². The van der Waals surface area contributed by atoms with Crippen molar-refractivity contribution < 1.29 is 15.3 Å². The molecule has 5 nitrogen and oxygen atoms in total. The zero-order valence-electron chi connectivity index (χ0n) is 11.9. The van der Waals surface area contributed by atoms with Crippen LogP contribution in [-0.4, -0.2) is 32.4 Å². The van der Waals surface area contributed by atoms with Crippen molar-refractivity contribution in [3.8, 4) is 5.75 Å². The van der Waals surface area contributed by atoms with Gasteiger partial charge in [-0.05, 0) is 20.3 Å². The lowest BCUT2D eigenvalue weighted by Gasteiger charge is -2.23. The Bertz CT molecular complexity index is 419. The largest absolute Gasteiger partial charge is 0.506 e. The zero-order chi connectivity index (χ0) is 14.5. The Labute approximate surface area is 114 Å². The fraction of sp³-hybridized carbons (Fsp3) is 0.643. The summed E-state index contributed by atoms with van der Waals surface area (Å²) in [6.07, 6.45) is 3.20.